The summed E-state index contributed by atoms with van der Waals surface area (Å²) in [7, 11) is 0. The first kappa shape index (κ1) is 19.6. The van der Waals surface area contributed by atoms with E-state index in [4.69, 9.17) is 12.2 Å². The first-order chi connectivity index (χ1) is 15.8. The minimum absolute atomic E-state index is 0.400. The molecule has 32 heavy (non-hydrogen) atoms. The molecule has 0 bridgehead atoms. The molecule has 0 radical (unpaired) electrons. The second-order valence-corrected chi connectivity index (χ2v) is 7.30. The number of para-hydroxylation sites is 2. The van der Waals surface area contributed by atoms with Crippen molar-refractivity contribution in [2.24, 2.45) is 0 Å². The van der Waals surface area contributed by atoms with Gasteiger partial charge in [0.1, 0.15) is 5.82 Å². The molecule has 0 amide bonds. The van der Waals surface area contributed by atoms with Crippen molar-refractivity contribution in [1.82, 2.24) is 25.4 Å². The summed E-state index contributed by atoms with van der Waals surface area (Å²) in [5, 5.41) is 26.6. The Labute approximate surface area is 189 Å². The molecule has 3 aromatic heterocycles. The smallest absolute Gasteiger partial charge is 0.183 e. The predicted molar refractivity (Wildman–Crippen MR) is 131 cm³/mol. The molecule has 0 fully saturated rings. The van der Waals surface area contributed by atoms with Crippen molar-refractivity contribution < 1.29 is 0 Å². The number of pyridine rings is 1. The molecule has 9 heteroatoms. The van der Waals surface area contributed by atoms with Crippen LogP contribution in [0.3, 0.4) is 0 Å². The average molecular weight is 439 g/mol. The van der Waals surface area contributed by atoms with Crippen molar-refractivity contribution in [2.75, 3.05) is 16.0 Å². The maximum atomic E-state index is 5.48. The number of aromatic amines is 1. The largest absolute Gasteiger partial charge is 0.338 e. The molecular weight excluding hydrogens is 420 g/mol. The summed E-state index contributed by atoms with van der Waals surface area (Å²) in [6.45, 7) is 0. The van der Waals surface area contributed by atoms with Gasteiger partial charge in [0, 0.05) is 11.8 Å². The van der Waals surface area contributed by atoms with Crippen LogP contribution in [0.4, 0.5) is 23.0 Å². The summed E-state index contributed by atoms with van der Waals surface area (Å²) in [6.07, 6.45) is 1.71. The second kappa shape index (κ2) is 8.78. The van der Waals surface area contributed by atoms with Gasteiger partial charge in [-0.05, 0) is 48.6 Å². The zero-order valence-electron chi connectivity index (χ0n) is 16.8. The van der Waals surface area contributed by atoms with Gasteiger partial charge in [0.25, 0.3) is 0 Å². The highest BCUT2D eigenvalue weighted by Crippen LogP contribution is 2.28. The van der Waals surface area contributed by atoms with Crippen molar-refractivity contribution in [2.45, 2.75) is 0 Å². The maximum absolute atomic E-state index is 5.48. The van der Waals surface area contributed by atoms with E-state index in [9.17, 15) is 0 Å². The van der Waals surface area contributed by atoms with Crippen LogP contribution in [-0.2, 0) is 0 Å². The number of aromatic nitrogens is 5. The topological polar surface area (TPSA) is 103 Å². The maximum Gasteiger partial charge on any atom is 0.183 e. The SMILES string of the molecule is S=C(Nc1ccc(-c2ccccc2)nn1)Nc1ccccc1Nc1[nH]nc2ncccc12. The molecule has 4 N–H and O–H groups in total. The van der Waals surface area contributed by atoms with Crippen LogP contribution in [0, 0.1) is 0 Å². The number of nitrogens with one attached hydrogen (secondary N) is 4. The lowest BCUT2D eigenvalue weighted by Gasteiger charge is -2.14. The molecule has 156 valence electrons. The Morgan fingerprint density at radius 1 is 0.781 bits per heavy atom. The zero-order valence-corrected chi connectivity index (χ0v) is 17.6. The van der Waals surface area contributed by atoms with Gasteiger partial charge in [-0.25, -0.2) is 4.98 Å². The van der Waals surface area contributed by atoms with Crippen LogP contribution in [0.25, 0.3) is 22.3 Å². The highest BCUT2D eigenvalue weighted by atomic mass is 32.1. The van der Waals surface area contributed by atoms with E-state index in [0.29, 0.717) is 16.6 Å². The molecule has 0 aliphatic heterocycles. The molecule has 0 saturated carbocycles. The molecule has 0 atom stereocenters. The van der Waals surface area contributed by atoms with Gasteiger partial charge in [-0.2, -0.15) is 5.10 Å². The van der Waals surface area contributed by atoms with Gasteiger partial charge < -0.3 is 16.0 Å². The van der Waals surface area contributed by atoms with Crippen LogP contribution < -0.4 is 16.0 Å². The molecule has 0 aliphatic rings. The minimum Gasteiger partial charge on any atom is -0.338 e. The van der Waals surface area contributed by atoms with E-state index >= 15 is 0 Å². The minimum atomic E-state index is 0.400. The molecule has 0 unspecified atom stereocenters. The molecule has 5 rings (SSSR count). The molecular formula is C23H18N8S. The highest BCUT2D eigenvalue weighted by Gasteiger charge is 2.10. The lowest BCUT2D eigenvalue weighted by atomic mass is 10.1. The van der Waals surface area contributed by atoms with E-state index in [1.807, 2.05) is 78.9 Å². The van der Waals surface area contributed by atoms with Crippen LogP contribution >= 0.6 is 12.2 Å². The van der Waals surface area contributed by atoms with Crippen molar-refractivity contribution in [3.8, 4) is 11.3 Å². The van der Waals surface area contributed by atoms with Crippen LogP contribution in [0.1, 0.15) is 0 Å². The number of hydrogen-bond donors (Lipinski definition) is 4. The van der Waals surface area contributed by atoms with Crippen LogP contribution in [-0.4, -0.2) is 30.5 Å². The number of nitrogens with zero attached hydrogens (tertiary/aromatic N) is 4. The monoisotopic (exact) mass is 438 g/mol. The number of fused-ring (bicyclic) bond motifs is 1. The Balaban J connectivity index is 1.29. The molecule has 0 aliphatic carbocycles. The standard InChI is InChI=1S/C23H18N8S/c32-23(27-20-13-12-17(28-29-20)15-7-2-1-3-8-15)26-19-11-5-4-10-18(19)25-22-16-9-6-14-24-21(16)30-31-22/h1-14H,(H2,24,25,30,31)(H2,26,27,29,32). The van der Waals surface area contributed by atoms with Crippen molar-refractivity contribution >= 4 is 51.4 Å². The number of benzene rings is 2. The fourth-order valence-corrected chi connectivity index (χ4v) is 3.43. The van der Waals surface area contributed by atoms with E-state index in [1.165, 1.54) is 0 Å². The quantitative estimate of drug-likeness (QED) is 0.285. The van der Waals surface area contributed by atoms with Gasteiger partial charge in [-0.1, -0.05) is 42.5 Å². The van der Waals surface area contributed by atoms with Gasteiger partial charge in [0.2, 0.25) is 0 Å². The summed E-state index contributed by atoms with van der Waals surface area (Å²) in [6, 6.07) is 25.2. The van der Waals surface area contributed by atoms with E-state index < -0.39 is 0 Å². The van der Waals surface area contributed by atoms with Gasteiger partial charge in [-0.15, -0.1) is 10.2 Å². The Hall–Kier alpha value is -4.37. The Kier molecular flexibility index (Phi) is 5.38. The predicted octanol–water partition coefficient (Wildman–Crippen LogP) is 4.97. The lowest BCUT2D eigenvalue weighted by molar-refractivity contribution is 1.05. The number of H-pyrrole nitrogens is 1. The molecule has 0 saturated heterocycles. The summed E-state index contributed by atoms with van der Waals surface area (Å²) in [5.41, 5.74) is 4.08. The molecule has 0 spiro atoms. The van der Waals surface area contributed by atoms with Crippen LogP contribution in [0.5, 0.6) is 0 Å². The van der Waals surface area contributed by atoms with Gasteiger partial charge >= 0.3 is 0 Å². The third kappa shape index (κ3) is 4.23. The average Bonchev–Trinajstić information content (AvgIpc) is 3.24. The Morgan fingerprint density at radius 3 is 2.41 bits per heavy atom. The number of thiocarbonyl (C=S) groups is 1. The van der Waals surface area contributed by atoms with Crippen LogP contribution in [0.2, 0.25) is 0 Å². The third-order valence-corrected chi connectivity index (χ3v) is 4.94. The number of rotatable bonds is 5. The normalized spacial score (nSPS) is 10.6. The van der Waals surface area contributed by atoms with Gasteiger partial charge in [0.05, 0.1) is 22.5 Å². The first-order valence-electron chi connectivity index (χ1n) is 9.88. The molecule has 3 heterocycles. The summed E-state index contributed by atoms with van der Waals surface area (Å²) < 4.78 is 0. The molecule has 2 aromatic carbocycles. The summed E-state index contributed by atoms with van der Waals surface area (Å²) in [5.74, 6) is 1.31. The third-order valence-electron chi connectivity index (χ3n) is 4.74. The molecule has 8 nitrogen and oxygen atoms in total. The fraction of sp³-hybridized carbons (Fsp3) is 0. The lowest BCUT2D eigenvalue weighted by Crippen LogP contribution is -2.20. The highest BCUT2D eigenvalue weighted by molar-refractivity contribution is 7.80. The zero-order chi connectivity index (χ0) is 21.8. The van der Waals surface area contributed by atoms with E-state index in [1.54, 1.807) is 6.20 Å². The summed E-state index contributed by atoms with van der Waals surface area (Å²) in [4.78, 5) is 4.24. The Bertz CT molecular complexity index is 1370. The van der Waals surface area contributed by atoms with E-state index in [-0.39, 0.29) is 0 Å². The van der Waals surface area contributed by atoms with Gasteiger partial charge in [-0.3, -0.25) is 5.10 Å². The van der Waals surface area contributed by atoms with Crippen molar-refractivity contribution in [3.05, 3.63) is 85.1 Å². The van der Waals surface area contributed by atoms with E-state index in [0.717, 1.165) is 33.8 Å². The number of hydrogen-bond acceptors (Lipinski definition) is 6. The van der Waals surface area contributed by atoms with Crippen LogP contribution in [0.15, 0.2) is 85.1 Å². The fourth-order valence-electron chi connectivity index (χ4n) is 3.21. The number of anilines is 4. The molecule has 5 aromatic rings. The first-order valence-corrected chi connectivity index (χ1v) is 10.3. The van der Waals surface area contributed by atoms with Crippen molar-refractivity contribution in [1.29, 1.82) is 0 Å². The van der Waals surface area contributed by atoms with Crippen molar-refractivity contribution in [3.63, 3.8) is 0 Å². The Morgan fingerprint density at radius 2 is 1.59 bits per heavy atom. The van der Waals surface area contributed by atoms with Gasteiger partial charge in [0.15, 0.2) is 16.6 Å². The summed E-state index contributed by atoms with van der Waals surface area (Å²) >= 11 is 5.48. The second-order valence-electron chi connectivity index (χ2n) is 6.89. The van der Waals surface area contributed by atoms with E-state index in [2.05, 4.69) is 41.3 Å².